The highest BCUT2D eigenvalue weighted by atomic mass is 127. The molecule has 11 nitrogen and oxygen atoms in total. The topological polar surface area (TPSA) is 132 Å². The fourth-order valence-corrected chi connectivity index (χ4v) is 7.50. The summed E-state index contributed by atoms with van der Waals surface area (Å²) in [5, 5.41) is 0. The molecule has 0 saturated carbocycles. The summed E-state index contributed by atoms with van der Waals surface area (Å²) < 4.78 is 30.3. The lowest BCUT2D eigenvalue weighted by molar-refractivity contribution is -0.143. The molecule has 2 aromatic carbocycles. The first kappa shape index (κ1) is 33.6. The molecule has 232 valence electrons. The zero-order valence-corrected chi connectivity index (χ0v) is 29.5. The number of benzene rings is 2. The number of allylic oxidation sites excluding steroid dienone is 1. The van der Waals surface area contributed by atoms with Crippen molar-refractivity contribution in [1.82, 2.24) is 4.57 Å². The number of carbonyl (C=O) groups excluding carboxylic acids is 3. The standard InChI is InChI=1S/C30H28I2N2O9S/c1-6-40-22-11-17(8-9-21(22)42-14-24(36)39-5)26-25(29(38)41-7-2)15(3)33-30-34(26)28(37)23(44-30)12-18-10-19(31)13-20(32)27(18)43-16(4)35/h8-13,26H,6-7,14H2,1-5H3/b23-12+/t26-/m1/s1. The maximum atomic E-state index is 14.1. The lowest BCUT2D eigenvalue weighted by Crippen LogP contribution is -2.40. The highest BCUT2D eigenvalue weighted by Gasteiger charge is 2.34. The lowest BCUT2D eigenvalue weighted by atomic mass is 9.95. The van der Waals surface area contributed by atoms with Gasteiger partial charge in [0.05, 0.1) is 45.7 Å². The van der Waals surface area contributed by atoms with Gasteiger partial charge in [0, 0.05) is 16.1 Å². The van der Waals surface area contributed by atoms with Crippen molar-refractivity contribution < 1.29 is 38.1 Å². The highest BCUT2D eigenvalue weighted by molar-refractivity contribution is 14.1. The van der Waals surface area contributed by atoms with Gasteiger partial charge < -0.3 is 23.7 Å². The Bertz CT molecular complexity index is 1850. The van der Waals surface area contributed by atoms with Gasteiger partial charge in [0.1, 0.15) is 0 Å². The third-order valence-electron chi connectivity index (χ3n) is 6.24. The van der Waals surface area contributed by atoms with Crippen LogP contribution < -0.4 is 29.1 Å². The summed E-state index contributed by atoms with van der Waals surface area (Å²) in [6.07, 6.45) is 1.66. The van der Waals surface area contributed by atoms with E-state index >= 15 is 0 Å². The van der Waals surface area contributed by atoms with Crippen molar-refractivity contribution in [3.63, 3.8) is 0 Å². The van der Waals surface area contributed by atoms with Crippen molar-refractivity contribution in [2.24, 2.45) is 4.99 Å². The minimum absolute atomic E-state index is 0.126. The van der Waals surface area contributed by atoms with E-state index in [0.717, 1.165) is 14.9 Å². The summed E-state index contributed by atoms with van der Waals surface area (Å²) in [4.78, 5) is 55.9. The number of nitrogens with zero attached hydrogens (tertiary/aromatic N) is 2. The zero-order chi connectivity index (χ0) is 32.1. The predicted octanol–water partition coefficient (Wildman–Crippen LogP) is 3.88. The minimum atomic E-state index is -0.912. The Kier molecular flexibility index (Phi) is 11.2. The highest BCUT2D eigenvalue weighted by Crippen LogP contribution is 2.36. The molecular formula is C30H28I2N2O9S. The van der Waals surface area contributed by atoms with E-state index in [4.69, 9.17) is 18.9 Å². The number of aromatic nitrogens is 1. The van der Waals surface area contributed by atoms with Crippen LogP contribution in [0.25, 0.3) is 6.08 Å². The van der Waals surface area contributed by atoms with E-state index in [1.165, 1.54) is 18.6 Å². The maximum absolute atomic E-state index is 14.1. The van der Waals surface area contributed by atoms with E-state index in [1.807, 2.05) is 12.1 Å². The molecule has 0 bridgehead atoms. The van der Waals surface area contributed by atoms with Crippen LogP contribution in [0.4, 0.5) is 0 Å². The molecule has 2 heterocycles. The van der Waals surface area contributed by atoms with Gasteiger partial charge in [0.15, 0.2) is 28.7 Å². The molecule has 14 heteroatoms. The van der Waals surface area contributed by atoms with Crippen molar-refractivity contribution in [3.8, 4) is 17.2 Å². The second-order valence-electron chi connectivity index (χ2n) is 9.21. The number of ether oxygens (including phenoxy) is 5. The van der Waals surface area contributed by atoms with Gasteiger partial charge in [-0.05, 0) is 102 Å². The van der Waals surface area contributed by atoms with E-state index in [0.29, 0.717) is 47.8 Å². The molecule has 1 aliphatic rings. The number of rotatable bonds is 10. The molecule has 0 radical (unpaired) electrons. The molecule has 0 fully saturated rings. The number of methoxy groups -OCH3 is 1. The third kappa shape index (κ3) is 7.34. The molecule has 0 spiro atoms. The van der Waals surface area contributed by atoms with Crippen molar-refractivity contribution in [1.29, 1.82) is 0 Å². The van der Waals surface area contributed by atoms with Crippen LogP contribution in [-0.4, -0.2) is 49.4 Å². The Balaban J connectivity index is 1.94. The first-order chi connectivity index (χ1) is 21.0. The van der Waals surface area contributed by atoms with Crippen LogP contribution >= 0.6 is 56.5 Å². The van der Waals surface area contributed by atoms with Gasteiger partial charge >= 0.3 is 17.9 Å². The Morgan fingerprint density at radius 1 is 1.07 bits per heavy atom. The summed E-state index contributed by atoms with van der Waals surface area (Å²) >= 11 is 5.38. The third-order valence-corrected chi connectivity index (χ3v) is 8.65. The van der Waals surface area contributed by atoms with Crippen LogP contribution in [0.2, 0.25) is 0 Å². The smallest absolute Gasteiger partial charge is 0.343 e. The molecular weight excluding hydrogens is 818 g/mol. The van der Waals surface area contributed by atoms with Crippen molar-refractivity contribution in [3.05, 3.63) is 79.6 Å². The normalized spacial score (nSPS) is 14.4. The molecule has 1 aliphatic heterocycles. The fraction of sp³-hybridized carbons (Fsp3) is 0.300. The minimum Gasteiger partial charge on any atom is -0.490 e. The van der Waals surface area contributed by atoms with Gasteiger partial charge in [-0.1, -0.05) is 17.4 Å². The van der Waals surface area contributed by atoms with Gasteiger partial charge in [-0.2, -0.15) is 0 Å². The van der Waals surface area contributed by atoms with E-state index in [-0.39, 0.29) is 24.5 Å². The second kappa shape index (κ2) is 14.7. The van der Waals surface area contributed by atoms with E-state index < -0.39 is 29.5 Å². The molecule has 0 saturated heterocycles. The summed E-state index contributed by atoms with van der Waals surface area (Å²) in [6.45, 7) is 6.58. The van der Waals surface area contributed by atoms with Crippen LogP contribution in [0.3, 0.4) is 0 Å². The fourth-order valence-electron chi connectivity index (χ4n) is 4.46. The molecule has 44 heavy (non-hydrogen) atoms. The van der Waals surface area contributed by atoms with Crippen LogP contribution in [0.1, 0.15) is 44.9 Å². The van der Waals surface area contributed by atoms with Gasteiger partial charge in [-0.25, -0.2) is 14.6 Å². The Labute approximate surface area is 283 Å². The Morgan fingerprint density at radius 3 is 2.48 bits per heavy atom. The van der Waals surface area contributed by atoms with Crippen molar-refractivity contribution >= 4 is 80.5 Å². The molecule has 3 aromatic rings. The predicted molar refractivity (Wildman–Crippen MR) is 179 cm³/mol. The van der Waals surface area contributed by atoms with Crippen LogP contribution in [0.15, 0.2) is 51.4 Å². The van der Waals surface area contributed by atoms with Gasteiger partial charge in [0.2, 0.25) is 0 Å². The maximum Gasteiger partial charge on any atom is 0.343 e. The molecule has 0 unspecified atom stereocenters. The summed E-state index contributed by atoms with van der Waals surface area (Å²) in [5.74, 6) is -0.716. The number of carbonyl (C=O) groups is 3. The van der Waals surface area contributed by atoms with Crippen molar-refractivity contribution in [2.45, 2.75) is 33.7 Å². The summed E-state index contributed by atoms with van der Waals surface area (Å²) in [6, 6.07) is 7.73. The van der Waals surface area contributed by atoms with Crippen LogP contribution in [0, 0.1) is 7.14 Å². The number of hydrogen-bond acceptors (Lipinski definition) is 11. The molecule has 0 aliphatic carbocycles. The quantitative estimate of drug-likeness (QED) is 0.170. The van der Waals surface area contributed by atoms with Crippen LogP contribution in [-0.2, 0) is 23.9 Å². The van der Waals surface area contributed by atoms with Gasteiger partial charge in [-0.3, -0.25) is 14.2 Å². The average molecular weight is 846 g/mol. The number of hydrogen-bond donors (Lipinski definition) is 0. The first-order valence-electron chi connectivity index (χ1n) is 13.3. The number of thiazole rings is 1. The van der Waals surface area contributed by atoms with Crippen molar-refractivity contribution in [2.75, 3.05) is 26.9 Å². The number of esters is 3. The monoisotopic (exact) mass is 846 g/mol. The average Bonchev–Trinajstić information content (AvgIpc) is 3.27. The zero-order valence-electron chi connectivity index (χ0n) is 24.4. The Morgan fingerprint density at radius 2 is 1.82 bits per heavy atom. The second-order valence-corrected chi connectivity index (χ2v) is 12.6. The SMILES string of the molecule is CCOC(=O)C1=C(C)N=c2s/c(=C/c3cc(I)cc(I)c3OC(C)=O)c(=O)n2[C@@H]1c1ccc(OCC(=O)OC)c(OCC)c1. The molecule has 4 rings (SSSR count). The number of fused-ring (bicyclic) bond motifs is 1. The van der Waals surface area contributed by atoms with E-state index in [2.05, 4.69) is 54.9 Å². The lowest BCUT2D eigenvalue weighted by Gasteiger charge is -2.25. The molecule has 1 aromatic heterocycles. The first-order valence-corrected chi connectivity index (χ1v) is 16.3. The summed E-state index contributed by atoms with van der Waals surface area (Å²) in [5.41, 5.74) is 1.27. The molecule has 1 atom stereocenters. The van der Waals surface area contributed by atoms with Crippen LogP contribution in [0.5, 0.6) is 17.2 Å². The Hall–Kier alpha value is -3.25. The molecule has 0 N–H and O–H groups in total. The molecule has 0 amide bonds. The van der Waals surface area contributed by atoms with E-state index in [1.54, 1.807) is 45.0 Å². The number of halogens is 2. The van der Waals surface area contributed by atoms with Gasteiger partial charge in [0.25, 0.3) is 5.56 Å². The largest absolute Gasteiger partial charge is 0.490 e. The van der Waals surface area contributed by atoms with E-state index in [9.17, 15) is 19.2 Å². The van der Waals surface area contributed by atoms with Gasteiger partial charge in [-0.15, -0.1) is 0 Å². The summed E-state index contributed by atoms with van der Waals surface area (Å²) in [7, 11) is 1.26.